The molecule has 126 valence electrons. The number of ether oxygens (including phenoxy) is 1. The Balaban J connectivity index is 1.95. The summed E-state index contributed by atoms with van der Waals surface area (Å²) in [6.07, 6.45) is 5.95. The minimum Gasteiger partial charge on any atom is -0.462 e. The third-order valence-electron chi connectivity index (χ3n) is 3.84. The van der Waals surface area contributed by atoms with Gasteiger partial charge in [0.25, 0.3) is 5.91 Å². The molecule has 0 atom stereocenters. The fraction of sp³-hybridized carbons (Fsp3) is 0.389. The second kappa shape index (κ2) is 8.73. The Morgan fingerprint density at radius 2 is 1.96 bits per heavy atom. The van der Waals surface area contributed by atoms with E-state index in [1.54, 1.807) is 31.2 Å². The first-order valence-electron chi connectivity index (χ1n) is 8.09. The summed E-state index contributed by atoms with van der Waals surface area (Å²) in [5.74, 6) is -0.888. The number of anilines is 1. The fourth-order valence-corrected chi connectivity index (χ4v) is 2.54. The quantitative estimate of drug-likeness (QED) is 0.476. The standard InChI is InChI=1S/C18H21N3O3/c1-2-24-18(23)13-7-9-16(10-8-13)21-17(22)14(11-19)12-20-15-5-3-4-6-15/h7-10,12,15,20H,2-6H2,1H3,(H,21,22)/b14-12-. The minimum atomic E-state index is -0.480. The normalized spacial score (nSPS) is 14.8. The average Bonchev–Trinajstić information content (AvgIpc) is 3.10. The summed E-state index contributed by atoms with van der Waals surface area (Å²) in [4.78, 5) is 23.7. The number of amides is 1. The zero-order chi connectivity index (χ0) is 17.4. The largest absolute Gasteiger partial charge is 0.462 e. The number of nitrogens with zero attached hydrogens (tertiary/aromatic N) is 1. The Bertz CT molecular complexity index is 653. The number of nitriles is 1. The lowest BCUT2D eigenvalue weighted by molar-refractivity contribution is -0.112. The van der Waals surface area contributed by atoms with Crippen LogP contribution in [-0.2, 0) is 9.53 Å². The van der Waals surface area contributed by atoms with Gasteiger partial charge < -0.3 is 15.4 Å². The highest BCUT2D eigenvalue weighted by molar-refractivity contribution is 6.06. The van der Waals surface area contributed by atoms with Crippen LogP contribution in [0.1, 0.15) is 43.0 Å². The number of nitrogens with one attached hydrogen (secondary N) is 2. The summed E-state index contributed by atoms with van der Waals surface area (Å²) in [7, 11) is 0. The van der Waals surface area contributed by atoms with Crippen molar-refractivity contribution < 1.29 is 14.3 Å². The molecule has 1 saturated carbocycles. The number of rotatable bonds is 6. The lowest BCUT2D eigenvalue weighted by atomic mass is 10.2. The van der Waals surface area contributed by atoms with E-state index >= 15 is 0 Å². The Morgan fingerprint density at radius 1 is 1.29 bits per heavy atom. The molecule has 0 bridgehead atoms. The minimum absolute atomic E-state index is 0.0244. The molecule has 0 unspecified atom stereocenters. The number of carbonyl (C=O) groups is 2. The lowest BCUT2D eigenvalue weighted by Gasteiger charge is -2.10. The van der Waals surface area contributed by atoms with Gasteiger partial charge in [-0.15, -0.1) is 0 Å². The van der Waals surface area contributed by atoms with Gasteiger partial charge in [-0.2, -0.15) is 5.26 Å². The number of carbonyl (C=O) groups excluding carboxylic acids is 2. The molecule has 1 aromatic carbocycles. The third-order valence-corrected chi connectivity index (χ3v) is 3.84. The summed E-state index contributed by atoms with van der Waals surface area (Å²) < 4.78 is 4.90. The molecule has 1 aliphatic carbocycles. The van der Waals surface area contributed by atoms with Crippen molar-refractivity contribution >= 4 is 17.6 Å². The van der Waals surface area contributed by atoms with Gasteiger partial charge in [0.2, 0.25) is 0 Å². The predicted molar refractivity (Wildman–Crippen MR) is 90.1 cm³/mol. The van der Waals surface area contributed by atoms with Gasteiger partial charge in [-0.1, -0.05) is 12.8 Å². The zero-order valence-corrected chi connectivity index (χ0v) is 13.7. The van der Waals surface area contributed by atoms with Crippen molar-refractivity contribution in [3.05, 3.63) is 41.6 Å². The molecular formula is C18H21N3O3. The monoisotopic (exact) mass is 327 g/mol. The van der Waals surface area contributed by atoms with Gasteiger partial charge in [0, 0.05) is 17.9 Å². The van der Waals surface area contributed by atoms with Crippen molar-refractivity contribution in [3.63, 3.8) is 0 Å². The first-order valence-corrected chi connectivity index (χ1v) is 8.09. The van der Waals surface area contributed by atoms with Crippen molar-refractivity contribution in [1.82, 2.24) is 5.32 Å². The van der Waals surface area contributed by atoms with Crippen molar-refractivity contribution in [2.24, 2.45) is 0 Å². The molecule has 1 aliphatic rings. The highest BCUT2D eigenvalue weighted by atomic mass is 16.5. The SMILES string of the molecule is CCOC(=O)c1ccc(NC(=O)/C(C#N)=C\NC2CCCC2)cc1. The van der Waals surface area contributed by atoms with Crippen LogP contribution in [0.5, 0.6) is 0 Å². The highest BCUT2D eigenvalue weighted by Gasteiger charge is 2.15. The Kier molecular flexibility index (Phi) is 6.38. The van der Waals surface area contributed by atoms with Crippen molar-refractivity contribution in [2.45, 2.75) is 38.6 Å². The summed E-state index contributed by atoms with van der Waals surface area (Å²) in [5, 5.41) is 14.9. The van der Waals surface area contributed by atoms with E-state index in [2.05, 4.69) is 10.6 Å². The van der Waals surface area contributed by atoms with Gasteiger partial charge in [0.05, 0.1) is 12.2 Å². The molecule has 1 aromatic rings. The Morgan fingerprint density at radius 3 is 2.54 bits per heavy atom. The molecule has 1 fully saturated rings. The maximum absolute atomic E-state index is 12.1. The number of esters is 1. The molecule has 24 heavy (non-hydrogen) atoms. The molecule has 1 amide bonds. The molecule has 6 heteroatoms. The van der Waals surface area contributed by atoms with Gasteiger partial charge in [-0.05, 0) is 44.0 Å². The van der Waals surface area contributed by atoms with Crippen LogP contribution >= 0.6 is 0 Å². The van der Waals surface area contributed by atoms with Crippen LogP contribution in [-0.4, -0.2) is 24.5 Å². The molecule has 2 N–H and O–H groups in total. The van der Waals surface area contributed by atoms with Crippen LogP contribution in [0.25, 0.3) is 0 Å². The van der Waals surface area contributed by atoms with Crippen LogP contribution in [0.3, 0.4) is 0 Å². The molecular weight excluding hydrogens is 306 g/mol. The van der Waals surface area contributed by atoms with Gasteiger partial charge >= 0.3 is 5.97 Å². The molecule has 0 spiro atoms. The van der Waals surface area contributed by atoms with E-state index in [1.807, 2.05) is 6.07 Å². The Labute approximate surface area is 141 Å². The van der Waals surface area contributed by atoms with Gasteiger partial charge in [-0.3, -0.25) is 4.79 Å². The van der Waals surface area contributed by atoms with Crippen LogP contribution < -0.4 is 10.6 Å². The topological polar surface area (TPSA) is 91.2 Å². The van der Waals surface area contributed by atoms with Gasteiger partial charge in [-0.25, -0.2) is 4.79 Å². The second-order valence-corrected chi connectivity index (χ2v) is 5.57. The molecule has 0 heterocycles. The van der Waals surface area contributed by atoms with E-state index in [0.717, 1.165) is 12.8 Å². The van der Waals surface area contributed by atoms with Crippen molar-refractivity contribution in [1.29, 1.82) is 5.26 Å². The van der Waals surface area contributed by atoms with E-state index in [0.29, 0.717) is 23.9 Å². The maximum Gasteiger partial charge on any atom is 0.338 e. The van der Waals surface area contributed by atoms with Crippen LogP contribution in [0.4, 0.5) is 5.69 Å². The van der Waals surface area contributed by atoms with E-state index in [-0.39, 0.29) is 5.57 Å². The molecule has 0 aromatic heterocycles. The van der Waals surface area contributed by atoms with E-state index < -0.39 is 11.9 Å². The summed E-state index contributed by atoms with van der Waals surface area (Å²) in [6, 6.07) is 8.58. The number of benzene rings is 1. The molecule has 0 saturated heterocycles. The average molecular weight is 327 g/mol. The third kappa shape index (κ3) is 4.85. The maximum atomic E-state index is 12.1. The summed E-state index contributed by atoms with van der Waals surface area (Å²) in [6.45, 7) is 2.05. The van der Waals surface area contributed by atoms with E-state index in [4.69, 9.17) is 10.00 Å². The molecule has 0 aliphatic heterocycles. The summed E-state index contributed by atoms with van der Waals surface area (Å²) >= 11 is 0. The van der Waals surface area contributed by atoms with Crippen LogP contribution in [0.15, 0.2) is 36.0 Å². The number of hydrogen-bond acceptors (Lipinski definition) is 5. The van der Waals surface area contributed by atoms with Crippen LogP contribution in [0.2, 0.25) is 0 Å². The molecule has 6 nitrogen and oxygen atoms in total. The van der Waals surface area contributed by atoms with E-state index in [9.17, 15) is 9.59 Å². The first-order chi connectivity index (χ1) is 11.6. The number of hydrogen-bond donors (Lipinski definition) is 2. The zero-order valence-electron chi connectivity index (χ0n) is 13.7. The van der Waals surface area contributed by atoms with Crippen LogP contribution in [0, 0.1) is 11.3 Å². The van der Waals surface area contributed by atoms with Gasteiger partial charge in [0.1, 0.15) is 11.6 Å². The summed E-state index contributed by atoms with van der Waals surface area (Å²) in [5.41, 5.74) is 0.945. The van der Waals surface area contributed by atoms with E-state index in [1.165, 1.54) is 19.0 Å². The van der Waals surface area contributed by atoms with Gasteiger partial charge in [0.15, 0.2) is 0 Å². The predicted octanol–water partition coefficient (Wildman–Crippen LogP) is 2.74. The highest BCUT2D eigenvalue weighted by Crippen LogP contribution is 2.18. The molecule has 2 rings (SSSR count). The first kappa shape index (κ1) is 17.5. The fourth-order valence-electron chi connectivity index (χ4n) is 2.54. The van der Waals surface area contributed by atoms with Crippen molar-refractivity contribution in [2.75, 3.05) is 11.9 Å². The smallest absolute Gasteiger partial charge is 0.338 e. The Hall–Kier alpha value is -2.81. The second-order valence-electron chi connectivity index (χ2n) is 5.57. The molecule has 0 radical (unpaired) electrons. The lowest BCUT2D eigenvalue weighted by Crippen LogP contribution is -2.23. The van der Waals surface area contributed by atoms with Crippen molar-refractivity contribution in [3.8, 4) is 6.07 Å².